The molecule has 2 aromatic carbocycles. The third kappa shape index (κ3) is 4.34. The van der Waals surface area contributed by atoms with Gasteiger partial charge in [0.25, 0.3) is 17.5 Å². The van der Waals surface area contributed by atoms with Crippen LogP contribution in [0.25, 0.3) is 0 Å². The summed E-state index contributed by atoms with van der Waals surface area (Å²) in [5, 5.41) is 11.1. The van der Waals surface area contributed by atoms with E-state index in [1.807, 2.05) is 0 Å². The van der Waals surface area contributed by atoms with Gasteiger partial charge in [-0.3, -0.25) is 19.7 Å². The maximum Gasteiger partial charge on any atom is 0.270 e. The zero-order chi connectivity index (χ0) is 21.0. The molecule has 0 aromatic heterocycles. The van der Waals surface area contributed by atoms with Crippen molar-refractivity contribution in [3.8, 4) is 5.75 Å². The van der Waals surface area contributed by atoms with Crippen LogP contribution in [-0.4, -0.2) is 59.8 Å². The number of carbonyl (C=O) groups excluding carboxylic acids is 2. The van der Waals surface area contributed by atoms with Gasteiger partial charge in [0, 0.05) is 38.3 Å². The number of rotatable bonds is 4. The molecule has 9 heteroatoms. The minimum absolute atomic E-state index is 0.00682. The zero-order valence-corrected chi connectivity index (χ0v) is 15.8. The van der Waals surface area contributed by atoms with Gasteiger partial charge in [-0.1, -0.05) is 12.1 Å². The highest BCUT2D eigenvalue weighted by Crippen LogP contribution is 2.26. The van der Waals surface area contributed by atoms with Crippen molar-refractivity contribution in [1.82, 2.24) is 9.80 Å². The van der Waals surface area contributed by atoms with Gasteiger partial charge in [-0.05, 0) is 24.6 Å². The molecule has 1 fully saturated rings. The summed E-state index contributed by atoms with van der Waals surface area (Å²) in [6.45, 7) is 1.20. The predicted molar refractivity (Wildman–Crippen MR) is 102 cm³/mol. The highest BCUT2D eigenvalue weighted by atomic mass is 19.1. The van der Waals surface area contributed by atoms with E-state index in [4.69, 9.17) is 4.74 Å². The molecule has 1 aliphatic rings. The fraction of sp³-hybridized carbons (Fsp3) is 0.300. The number of amides is 2. The predicted octanol–water partition coefficient (Wildman–Crippen LogP) is 2.73. The molecule has 3 rings (SSSR count). The highest BCUT2D eigenvalue weighted by Gasteiger charge is 2.27. The fourth-order valence-corrected chi connectivity index (χ4v) is 3.28. The summed E-state index contributed by atoms with van der Waals surface area (Å²) in [7, 11) is 1.38. The van der Waals surface area contributed by atoms with Crippen molar-refractivity contribution in [2.75, 3.05) is 33.3 Å². The Kier molecular flexibility index (Phi) is 6.06. The number of nitro benzene ring substituents is 1. The molecular weight excluding hydrogens is 381 g/mol. The lowest BCUT2D eigenvalue weighted by Crippen LogP contribution is -2.37. The van der Waals surface area contributed by atoms with Gasteiger partial charge in [0.05, 0.1) is 23.2 Å². The molecule has 1 heterocycles. The van der Waals surface area contributed by atoms with E-state index in [0.29, 0.717) is 19.5 Å². The molecule has 8 nitrogen and oxygen atoms in total. The number of methoxy groups -OCH3 is 1. The molecule has 152 valence electrons. The van der Waals surface area contributed by atoms with Gasteiger partial charge >= 0.3 is 0 Å². The zero-order valence-electron chi connectivity index (χ0n) is 15.8. The van der Waals surface area contributed by atoms with Crippen molar-refractivity contribution in [3.05, 3.63) is 69.5 Å². The Bertz CT molecular complexity index is 949. The second kappa shape index (κ2) is 8.68. The molecular formula is C20H20FN3O5. The van der Waals surface area contributed by atoms with E-state index in [0.717, 1.165) is 0 Å². The molecule has 0 spiro atoms. The van der Waals surface area contributed by atoms with Crippen LogP contribution in [0, 0.1) is 15.9 Å². The van der Waals surface area contributed by atoms with Crippen molar-refractivity contribution in [1.29, 1.82) is 0 Å². The molecule has 0 N–H and O–H groups in total. The number of non-ortho nitro benzene ring substituents is 1. The summed E-state index contributed by atoms with van der Waals surface area (Å²) in [6, 6.07) is 9.62. The quantitative estimate of drug-likeness (QED) is 0.580. The maximum atomic E-state index is 13.9. The lowest BCUT2D eigenvalue weighted by atomic mass is 10.1. The van der Waals surface area contributed by atoms with Crippen LogP contribution in [0.4, 0.5) is 10.1 Å². The van der Waals surface area contributed by atoms with Crippen LogP contribution < -0.4 is 4.74 Å². The topological polar surface area (TPSA) is 93.0 Å². The normalized spacial score (nSPS) is 14.3. The van der Waals surface area contributed by atoms with Crippen molar-refractivity contribution in [3.63, 3.8) is 0 Å². The van der Waals surface area contributed by atoms with E-state index in [-0.39, 0.29) is 35.7 Å². The van der Waals surface area contributed by atoms with E-state index in [1.54, 1.807) is 6.07 Å². The second-order valence-corrected chi connectivity index (χ2v) is 6.56. The van der Waals surface area contributed by atoms with Crippen molar-refractivity contribution in [2.24, 2.45) is 0 Å². The number of hydrogen-bond donors (Lipinski definition) is 0. The molecule has 2 amide bonds. The van der Waals surface area contributed by atoms with Gasteiger partial charge in [0.15, 0.2) is 0 Å². The second-order valence-electron chi connectivity index (χ2n) is 6.56. The number of hydrogen-bond acceptors (Lipinski definition) is 5. The van der Waals surface area contributed by atoms with E-state index >= 15 is 0 Å². The molecule has 0 unspecified atom stereocenters. The number of nitrogens with zero attached hydrogens (tertiary/aromatic N) is 3. The number of halogens is 1. The molecule has 29 heavy (non-hydrogen) atoms. The Hall–Kier alpha value is -3.49. The van der Waals surface area contributed by atoms with Gasteiger partial charge in [0.2, 0.25) is 0 Å². The minimum atomic E-state index is -0.587. The first-order valence-corrected chi connectivity index (χ1v) is 9.08. The van der Waals surface area contributed by atoms with Crippen molar-refractivity contribution >= 4 is 17.5 Å². The lowest BCUT2D eigenvalue weighted by Gasteiger charge is -2.23. The largest absolute Gasteiger partial charge is 0.496 e. The Labute approximate surface area is 166 Å². The van der Waals surface area contributed by atoms with Gasteiger partial charge in [-0.25, -0.2) is 4.39 Å². The van der Waals surface area contributed by atoms with E-state index < -0.39 is 22.6 Å². The van der Waals surface area contributed by atoms with Gasteiger partial charge < -0.3 is 14.5 Å². The van der Waals surface area contributed by atoms with Crippen molar-refractivity contribution in [2.45, 2.75) is 6.42 Å². The van der Waals surface area contributed by atoms with Crippen LogP contribution in [-0.2, 0) is 0 Å². The molecule has 0 radical (unpaired) electrons. The first-order valence-electron chi connectivity index (χ1n) is 9.08. The van der Waals surface area contributed by atoms with Gasteiger partial charge in [0.1, 0.15) is 11.6 Å². The lowest BCUT2D eigenvalue weighted by molar-refractivity contribution is -0.384. The number of nitro groups is 1. The van der Waals surface area contributed by atoms with Crippen LogP contribution in [0.3, 0.4) is 0 Å². The number of ether oxygens (including phenoxy) is 1. The Morgan fingerprint density at radius 2 is 1.62 bits per heavy atom. The third-order valence-corrected chi connectivity index (χ3v) is 4.80. The van der Waals surface area contributed by atoms with Crippen LogP contribution in [0.15, 0.2) is 42.5 Å². The number of benzene rings is 2. The molecule has 1 aliphatic heterocycles. The Balaban J connectivity index is 1.76. The van der Waals surface area contributed by atoms with Crippen molar-refractivity contribution < 1.29 is 23.6 Å². The summed E-state index contributed by atoms with van der Waals surface area (Å²) in [5.74, 6) is -1.18. The summed E-state index contributed by atoms with van der Waals surface area (Å²) < 4.78 is 19.1. The highest BCUT2D eigenvalue weighted by molar-refractivity contribution is 5.98. The SMILES string of the molecule is COc1ccc([N+](=O)[O-])cc1C(=O)N1CCCN(C(=O)c2ccccc2F)CC1. The molecule has 0 bridgehead atoms. The first kappa shape index (κ1) is 20.2. The smallest absolute Gasteiger partial charge is 0.270 e. The molecule has 2 aromatic rings. The molecule has 1 saturated heterocycles. The van der Waals surface area contributed by atoms with Gasteiger partial charge in [-0.15, -0.1) is 0 Å². The molecule has 0 atom stereocenters. The van der Waals surface area contributed by atoms with Crippen LogP contribution >= 0.6 is 0 Å². The maximum absolute atomic E-state index is 13.9. The Morgan fingerprint density at radius 1 is 1.00 bits per heavy atom. The van der Waals surface area contributed by atoms with E-state index in [2.05, 4.69) is 0 Å². The summed E-state index contributed by atoms with van der Waals surface area (Å²) >= 11 is 0. The molecule has 0 saturated carbocycles. The standard InChI is InChI=1S/C20H20FN3O5/c1-29-18-8-7-14(24(27)28)13-16(18)20(26)23-10-4-9-22(11-12-23)19(25)15-5-2-3-6-17(15)21/h2-3,5-8,13H,4,9-12H2,1H3. The fourth-order valence-electron chi connectivity index (χ4n) is 3.28. The first-order chi connectivity index (χ1) is 13.9. The number of carbonyl (C=O) groups is 2. The van der Waals surface area contributed by atoms with Crippen LogP contribution in [0.2, 0.25) is 0 Å². The Morgan fingerprint density at radius 3 is 2.21 bits per heavy atom. The van der Waals surface area contributed by atoms with Crippen LogP contribution in [0.1, 0.15) is 27.1 Å². The van der Waals surface area contributed by atoms with Gasteiger partial charge in [-0.2, -0.15) is 0 Å². The average Bonchev–Trinajstić information content (AvgIpc) is 2.99. The monoisotopic (exact) mass is 401 g/mol. The summed E-state index contributed by atoms with van der Waals surface area (Å²) in [4.78, 5) is 39.1. The van der Waals surface area contributed by atoms with Crippen LogP contribution in [0.5, 0.6) is 5.75 Å². The summed E-state index contributed by atoms with van der Waals surface area (Å²) in [5.41, 5.74) is -0.122. The van der Waals surface area contributed by atoms with E-state index in [1.165, 1.54) is 53.3 Å². The van der Waals surface area contributed by atoms with E-state index in [9.17, 15) is 24.1 Å². The third-order valence-electron chi connectivity index (χ3n) is 4.80. The average molecular weight is 401 g/mol. The molecule has 0 aliphatic carbocycles. The minimum Gasteiger partial charge on any atom is -0.496 e. The summed E-state index contributed by atoms with van der Waals surface area (Å²) in [6.07, 6.45) is 0.503.